The molecule has 0 spiro atoms. The number of anilines is 1. The van der Waals surface area contributed by atoms with Crippen molar-refractivity contribution in [3.05, 3.63) is 60.2 Å². The summed E-state index contributed by atoms with van der Waals surface area (Å²) in [7, 11) is 0. The van der Waals surface area contributed by atoms with Gasteiger partial charge in [-0.1, -0.05) is 18.6 Å². The molecule has 2 unspecified atom stereocenters. The van der Waals surface area contributed by atoms with E-state index in [2.05, 4.69) is 15.3 Å². The van der Waals surface area contributed by atoms with Gasteiger partial charge < -0.3 is 14.5 Å². The summed E-state index contributed by atoms with van der Waals surface area (Å²) in [6, 6.07) is 11.4. The Bertz CT molecular complexity index is 1030. The Balaban J connectivity index is 1.52. The monoisotopic (exact) mass is 389 g/mol. The van der Waals surface area contributed by atoms with E-state index in [1.54, 1.807) is 6.20 Å². The number of nitrogens with one attached hydrogen (secondary N) is 1. The highest BCUT2D eigenvalue weighted by atomic mass is 16.5. The lowest BCUT2D eigenvalue weighted by molar-refractivity contribution is 0.101. The van der Waals surface area contributed by atoms with Gasteiger partial charge in [0, 0.05) is 17.5 Å². The second-order valence-corrected chi connectivity index (χ2v) is 7.84. The van der Waals surface area contributed by atoms with E-state index in [1.807, 2.05) is 36.4 Å². The van der Waals surface area contributed by atoms with Crippen molar-refractivity contribution in [1.82, 2.24) is 9.97 Å². The molecule has 1 saturated carbocycles. The summed E-state index contributed by atoms with van der Waals surface area (Å²) in [5.74, 6) is 1.42. The maximum atomic E-state index is 12.7. The lowest BCUT2D eigenvalue weighted by atomic mass is 9.84. The van der Waals surface area contributed by atoms with Crippen molar-refractivity contribution in [3.8, 4) is 17.2 Å². The average Bonchev–Trinajstić information content (AvgIpc) is 3.24. The molecule has 2 atom stereocenters. The van der Waals surface area contributed by atoms with Crippen LogP contribution in [0.4, 0.5) is 5.69 Å². The van der Waals surface area contributed by atoms with Crippen LogP contribution in [0.5, 0.6) is 5.75 Å². The molecule has 2 aliphatic rings. The molecule has 148 valence electrons. The number of carbonyl (C=O) groups is 1. The van der Waals surface area contributed by atoms with Gasteiger partial charge in [-0.15, -0.1) is 0 Å². The van der Waals surface area contributed by atoms with Gasteiger partial charge in [0.15, 0.2) is 5.69 Å². The summed E-state index contributed by atoms with van der Waals surface area (Å²) in [6.07, 6.45) is 9.79. The molecule has 3 aromatic rings. The largest absolute Gasteiger partial charge is 0.488 e. The number of ether oxygens (including phenoxy) is 1. The van der Waals surface area contributed by atoms with Crippen molar-refractivity contribution in [2.75, 3.05) is 5.32 Å². The number of carbonyl (C=O) groups excluding carboxylic acids is 1. The smallest absolute Gasteiger partial charge is 0.277 e. The standard InChI is InChI=1S/C23H23N3O3/c27-22-20-14-28-23(26-20)16-10-11-24-17(13-16)9-8-15-4-3-5-18(12-15)29-21-7-2-1-6-19(21)25-22/h1-2,6-7,10-11,13-15,18H,3-5,8-9,12H2,(H,25,27). The van der Waals surface area contributed by atoms with E-state index in [-0.39, 0.29) is 17.7 Å². The summed E-state index contributed by atoms with van der Waals surface area (Å²) >= 11 is 0. The molecule has 1 amide bonds. The van der Waals surface area contributed by atoms with Crippen LogP contribution in [-0.4, -0.2) is 22.0 Å². The van der Waals surface area contributed by atoms with E-state index in [0.29, 0.717) is 23.2 Å². The second-order valence-electron chi connectivity index (χ2n) is 7.84. The minimum atomic E-state index is -0.320. The first-order valence-corrected chi connectivity index (χ1v) is 10.2. The van der Waals surface area contributed by atoms with Crippen LogP contribution in [0.25, 0.3) is 11.5 Å². The van der Waals surface area contributed by atoms with Gasteiger partial charge in [0.05, 0.1) is 11.8 Å². The molecule has 1 aromatic carbocycles. The van der Waals surface area contributed by atoms with E-state index >= 15 is 0 Å². The molecule has 1 N–H and O–H groups in total. The van der Waals surface area contributed by atoms with Crippen molar-refractivity contribution in [2.45, 2.75) is 44.6 Å². The lowest BCUT2D eigenvalue weighted by Crippen LogP contribution is -2.26. The van der Waals surface area contributed by atoms with Gasteiger partial charge in [-0.3, -0.25) is 9.78 Å². The number of aromatic nitrogens is 2. The number of pyridine rings is 1. The van der Waals surface area contributed by atoms with Gasteiger partial charge in [0.1, 0.15) is 12.0 Å². The Hall–Kier alpha value is -3.15. The van der Waals surface area contributed by atoms with E-state index < -0.39 is 0 Å². The lowest BCUT2D eigenvalue weighted by Gasteiger charge is -2.30. The van der Waals surface area contributed by atoms with Crippen LogP contribution in [0.2, 0.25) is 0 Å². The van der Waals surface area contributed by atoms with Crippen LogP contribution in [0.15, 0.2) is 53.3 Å². The summed E-state index contributed by atoms with van der Waals surface area (Å²) in [5, 5.41) is 2.92. The fraction of sp³-hybridized carbons (Fsp3) is 0.348. The topological polar surface area (TPSA) is 77.2 Å². The molecular formula is C23H23N3O3. The Morgan fingerprint density at radius 2 is 2.03 bits per heavy atom. The zero-order chi connectivity index (χ0) is 19.6. The summed E-state index contributed by atoms with van der Waals surface area (Å²) < 4.78 is 11.9. The van der Waals surface area contributed by atoms with Crippen LogP contribution in [0.1, 0.15) is 48.3 Å². The number of oxazole rings is 1. The molecule has 0 saturated heterocycles. The van der Waals surface area contributed by atoms with Gasteiger partial charge in [-0.05, 0) is 62.3 Å². The molecule has 0 radical (unpaired) electrons. The number of para-hydroxylation sites is 2. The van der Waals surface area contributed by atoms with E-state index in [0.717, 1.165) is 43.4 Å². The van der Waals surface area contributed by atoms with Crippen LogP contribution in [-0.2, 0) is 6.42 Å². The van der Waals surface area contributed by atoms with E-state index in [1.165, 1.54) is 12.7 Å². The Kier molecular flexibility index (Phi) is 4.76. The summed E-state index contributed by atoms with van der Waals surface area (Å²) in [5.41, 5.74) is 2.75. The number of hydrogen-bond donors (Lipinski definition) is 1. The third kappa shape index (κ3) is 3.88. The molecule has 29 heavy (non-hydrogen) atoms. The minimum Gasteiger partial charge on any atom is -0.488 e. The van der Waals surface area contributed by atoms with Gasteiger partial charge >= 0.3 is 0 Å². The van der Waals surface area contributed by atoms with Crippen molar-refractivity contribution in [3.63, 3.8) is 0 Å². The fourth-order valence-corrected chi connectivity index (χ4v) is 4.26. The SMILES string of the molecule is O=C1Nc2ccccc2OC2CCCC(CCc3cc(ccn3)-c3nc1co3)C2. The first-order chi connectivity index (χ1) is 14.2. The molecule has 2 aromatic heterocycles. The quantitative estimate of drug-likeness (QED) is 0.593. The highest BCUT2D eigenvalue weighted by Gasteiger charge is 2.25. The second kappa shape index (κ2) is 7.70. The van der Waals surface area contributed by atoms with Gasteiger partial charge in [0.25, 0.3) is 5.91 Å². The Morgan fingerprint density at radius 1 is 1.10 bits per heavy atom. The number of nitrogens with zero attached hydrogens (tertiary/aromatic N) is 2. The van der Waals surface area contributed by atoms with Crippen molar-refractivity contribution >= 4 is 11.6 Å². The third-order valence-electron chi connectivity index (χ3n) is 5.77. The first-order valence-electron chi connectivity index (χ1n) is 10.2. The normalized spacial score (nSPS) is 21.6. The maximum Gasteiger partial charge on any atom is 0.277 e. The van der Waals surface area contributed by atoms with E-state index in [4.69, 9.17) is 9.15 Å². The third-order valence-corrected chi connectivity index (χ3v) is 5.77. The van der Waals surface area contributed by atoms with Crippen LogP contribution in [0.3, 0.4) is 0 Å². The first kappa shape index (κ1) is 17.9. The zero-order valence-corrected chi connectivity index (χ0v) is 16.1. The summed E-state index contributed by atoms with van der Waals surface area (Å²) in [4.78, 5) is 21.6. The van der Waals surface area contributed by atoms with Crippen LogP contribution < -0.4 is 10.1 Å². The predicted octanol–water partition coefficient (Wildman–Crippen LogP) is 4.87. The molecule has 6 bridgehead atoms. The molecule has 5 rings (SSSR count). The number of benzene rings is 1. The molecule has 1 fully saturated rings. The molecule has 1 aliphatic carbocycles. The predicted molar refractivity (Wildman–Crippen MR) is 109 cm³/mol. The number of amides is 1. The Morgan fingerprint density at radius 3 is 3.00 bits per heavy atom. The van der Waals surface area contributed by atoms with Crippen LogP contribution in [0, 0.1) is 5.92 Å². The fourth-order valence-electron chi connectivity index (χ4n) is 4.26. The molecule has 1 aliphatic heterocycles. The summed E-state index contributed by atoms with van der Waals surface area (Å²) in [6.45, 7) is 0. The number of rotatable bonds is 0. The van der Waals surface area contributed by atoms with Crippen molar-refractivity contribution in [1.29, 1.82) is 0 Å². The number of aryl methyl sites for hydroxylation is 1. The highest BCUT2D eigenvalue weighted by Crippen LogP contribution is 2.34. The van der Waals surface area contributed by atoms with Crippen molar-refractivity contribution in [2.24, 2.45) is 5.92 Å². The average molecular weight is 389 g/mol. The van der Waals surface area contributed by atoms with Crippen LogP contribution >= 0.6 is 0 Å². The number of hydrogen-bond acceptors (Lipinski definition) is 5. The van der Waals surface area contributed by atoms with Gasteiger partial charge in [-0.2, -0.15) is 0 Å². The van der Waals surface area contributed by atoms with Crippen molar-refractivity contribution < 1.29 is 13.9 Å². The molecule has 6 heteroatoms. The molecular weight excluding hydrogens is 366 g/mol. The van der Waals surface area contributed by atoms with Gasteiger partial charge in [-0.25, -0.2) is 4.98 Å². The van der Waals surface area contributed by atoms with E-state index in [9.17, 15) is 4.79 Å². The highest BCUT2D eigenvalue weighted by molar-refractivity contribution is 6.03. The molecule has 3 heterocycles. The molecule has 6 nitrogen and oxygen atoms in total. The Labute approximate surface area is 169 Å². The maximum absolute atomic E-state index is 12.7. The number of fused-ring (bicyclic) bond motifs is 8. The zero-order valence-electron chi connectivity index (χ0n) is 16.1. The minimum absolute atomic E-state index is 0.164. The van der Waals surface area contributed by atoms with Gasteiger partial charge in [0.2, 0.25) is 5.89 Å².